The maximum absolute atomic E-state index is 11.5. The van der Waals surface area contributed by atoms with Gasteiger partial charge in [0.1, 0.15) is 17.1 Å². The predicted molar refractivity (Wildman–Crippen MR) is 381 cm³/mol. The molecular weight excluding hydrogens is 1560 g/mol. The van der Waals surface area contributed by atoms with Gasteiger partial charge in [0.2, 0.25) is 21.8 Å². The number of thiazole rings is 3. The van der Waals surface area contributed by atoms with Gasteiger partial charge in [-0.05, 0) is 71.7 Å². The summed E-state index contributed by atoms with van der Waals surface area (Å²) in [4.78, 5) is 88.7. The van der Waals surface area contributed by atoms with E-state index in [1.807, 2.05) is 29.6 Å². The van der Waals surface area contributed by atoms with Gasteiger partial charge in [-0.15, -0.1) is 45.5 Å². The summed E-state index contributed by atoms with van der Waals surface area (Å²) in [5.41, 5.74) is 42.8. The van der Waals surface area contributed by atoms with Gasteiger partial charge in [-0.2, -0.15) is 10.2 Å². The van der Waals surface area contributed by atoms with Crippen LogP contribution >= 0.6 is 120 Å². The number of carboxylic acids is 4. The van der Waals surface area contributed by atoms with E-state index < -0.39 is 42.0 Å². The smallest absolute Gasteiger partial charge is 0.543 e. The van der Waals surface area contributed by atoms with Crippen molar-refractivity contribution >= 4 is 182 Å². The first kappa shape index (κ1) is 89.6. The summed E-state index contributed by atoms with van der Waals surface area (Å²) in [5, 5.41) is 67.0. The molecule has 3 aromatic carbocycles. The molecule has 0 aliphatic rings. The second kappa shape index (κ2) is 49.1. The number of aromatic nitrogens is 8. The molecule has 0 spiro atoms. The second-order valence-corrected chi connectivity index (χ2v) is 22.0. The number of hydrogen-bond acceptors (Lipinski definition) is 25. The molecule has 0 unspecified atom stereocenters. The van der Waals surface area contributed by atoms with Crippen molar-refractivity contribution in [3.63, 3.8) is 0 Å². The van der Waals surface area contributed by atoms with E-state index in [1.54, 1.807) is 96.1 Å². The number of rotatable bonds is 20. The molecule has 0 atom stereocenters. The average Bonchev–Trinajstić information content (AvgIpc) is 1.82. The molecule has 0 bridgehead atoms. The molecule has 12 N–H and O–H groups in total. The Bertz CT molecular complexity index is 4400. The van der Waals surface area contributed by atoms with Gasteiger partial charge >= 0.3 is 47.5 Å². The number of halogens is 7. The van der Waals surface area contributed by atoms with Crippen molar-refractivity contribution < 1.29 is 78.8 Å². The monoisotopic (exact) mass is 1600 g/mol. The number of nitrogens with two attached hydrogens (primary N) is 1. The Labute approximate surface area is 631 Å². The van der Waals surface area contributed by atoms with Crippen molar-refractivity contribution in [1.82, 2.24) is 46.1 Å². The molecule has 0 saturated carbocycles. The van der Waals surface area contributed by atoms with Crippen molar-refractivity contribution in [2.24, 2.45) is 26.3 Å². The summed E-state index contributed by atoms with van der Waals surface area (Å²) in [6.45, 7) is -1.14. The third kappa shape index (κ3) is 33.1. The van der Waals surface area contributed by atoms with Gasteiger partial charge in [0.05, 0.1) is 90.0 Å². The summed E-state index contributed by atoms with van der Waals surface area (Å²) >= 11 is 42.1. The number of carbonyl (C=O) groups is 6. The second-order valence-electron chi connectivity index (χ2n) is 16.4. The Morgan fingerprint density at radius 1 is 0.616 bits per heavy atom. The van der Waals surface area contributed by atoms with Crippen molar-refractivity contribution in [2.45, 2.75) is 14.0 Å². The number of hydrogen-bond donors (Lipinski definition) is 8. The number of terminal acetylenes is 1. The molecular formula is C54H46BrCl6N24NaO10S3. The molecule has 0 aliphatic heterocycles. The van der Waals surface area contributed by atoms with E-state index in [0.717, 1.165) is 22.4 Å². The first-order valence-electron chi connectivity index (χ1n) is 25.0. The SMILES string of the molecule is C.C#Cc1ccccn1.NNc1nc(-c2ccc(Cl)c(Cl)c2)cs1.O=C(O)C(=O)CBr.O=C([O-])/C(Cn1cc(-c2ccccn2)nn1)=N/Nc1nc(-c2ccc(Cl)c(Cl)c2)cs1.[N-]=[N+]=NC/C(=N\Nc1nc(-c2ccc(Cl)c(Cl)c2)cs1)C(=O)O.[N-]=[N+]=NCC(=O)C(=O)O.[N-]=[N+]=[N-].[NH4+].[Na+]. The van der Waals surface area contributed by atoms with Crippen LogP contribution in [0.25, 0.3) is 82.0 Å². The van der Waals surface area contributed by atoms with Gasteiger partial charge < -0.3 is 42.4 Å². The summed E-state index contributed by atoms with van der Waals surface area (Å²) in [6.07, 6.45) is 9.92. The van der Waals surface area contributed by atoms with E-state index in [1.165, 1.54) is 43.6 Å². The number of nitrogen functional groups attached to an aromatic ring is 1. The molecule has 0 fully saturated rings. The molecule has 0 radical (unpaired) electrons. The number of nitrogens with zero attached hydrogens (tertiary/aromatic N) is 19. The maximum atomic E-state index is 11.5. The van der Waals surface area contributed by atoms with Crippen molar-refractivity contribution in [1.29, 1.82) is 0 Å². The number of hydrazone groups is 2. The van der Waals surface area contributed by atoms with Gasteiger partial charge in [-0.25, -0.2) is 44.8 Å². The van der Waals surface area contributed by atoms with Crippen molar-refractivity contribution in [3.05, 3.63) is 198 Å². The van der Waals surface area contributed by atoms with Crippen LogP contribution in [-0.2, 0) is 35.3 Å². The molecule has 0 amide bonds. The fourth-order valence-electron chi connectivity index (χ4n) is 5.81. The van der Waals surface area contributed by atoms with Crippen LogP contribution in [0.4, 0.5) is 15.4 Å². The van der Waals surface area contributed by atoms with E-state index in [2.05, 4.69) is 104 Å². The number of carbonyl (C=O) groups excluding carboxylic acids is 3. The van der Waals surface area contributed by atoms with Gasteiger partial charge in [0.15, 0.2) is 10.8 Å². The molecule has 0 saturated heterocycles. The number of alkyl halides is 1. The zero-order chi connectivity index (χ0) is 71.1. The minimum Gasteiger partial charge on any atom is -0.543 e. The summed E-state index contributed by atoms with van der Waals surface area (Å²) in [7, 11) is 0. The first-order valence-corrected chi connectivity index (χ1v) is 31.0. The zero-order valence-electron chi connectivity index (χ0n) is 49.7. The number of hydrazine groups is 1. The van der Waals surface area contributed by atoms with Crippen LogP contribution < -0.4 is 62.9 Å². The first-order chi connectivity index (χ1) is 45.9. The Kier molecular flexibility index (Phi) is 44.5. The van der Waals surface area contributed by atoms with E-state index in [4.69, 9.17) is 119 Å². The fraction of sp³-hybridized carbons (Fsp3) is 0.0926. The maximum Gasteiger partial charge on any atom is 1.00 e. The molecule has 6 aromatic heterocycles. The third-order valence-corrected chi connectivity index (χ3v) is 15.1. The minimum atomic E-state index is -1.58. The number of azide groups is 2. The molecule has 9 aromatic rings. The van der Waals surface area contributed by atoms with E-state index >= 15 is 0 Å². The number of ketones is 2. The van der Waals surface area contributed by atoms with Gasteiger partial charge in [-0.1, -0.05) is 145 Å². The number of pyridine rings is 2. The van der Waals surface area contributed by atoms with Crippen LogP contribution in [-0.4, -0.2) is 121 Å². The molecule has 0 aliphatic carbocycles. The number of aliphatic carboxylic acids is 4. The van der Waals surface area contributed by atoms with Gasteiger partial charge in [-0.3, -0.25) is 35.8 Å². The van der Waals surface area contributed by atoms with Gasteiger partial charge in [0.25, 0.3) is 0 Å². The van der Waals surface area contributed by atoms with E-state index in [0.29, 0.717) is 74.0 Å². The Morgan fingerprint density at radius 3 is 1.39 bits per heavy atom. The van der Waals surface area contributed by atoms with E-state index in [-0.39, 0.29) is 73.0 Å². The van der Waals surface area contributed by atoms with Crippen LogP contribution in [0.1, 0.15) is 13.1 Å². The number of anilines is 3. The fourth-order valence-corrected chi connectivity index (χ4v) is 8.90. The van der Waals surface area contributed by atoms with Crippen molar-refractivity contribution in [3.8, 4) is 57.5 Å². The molecule has 6 heterocycles. The normalized spacial score (nSPS) is 9.69. The Hall–Kier alpha value is -9.42. The molecule has 34 nitrogen and oxygen atoms in total. The standard InChI is InChI=1S/C19H13Cl2N7O2S.C12H8Cl2N6O2S.C9H7Cl2N3S.C7H5N.C3H3BrO3.C3H3N3O3.CH4.N3.H3N.Na/c20-12-5-4-11(7-13(12)21)17-10-31-19(23-17)26-24-16(18(29)30)9-28-8-15(25-27-28)14-3-1-2-6-22-14;13-7-2-1-6(3-8(7)14)10-5-23-12(17-10)19-18-9(11(21)22)4-16-20-15;10-6-2-1-5(3-7(6)11)8-4-15-9(13-8)14-12;1-2-7-5-3-4-6-8-7;4-1-2(5)3(6)7;4-6-5-1-2(7)3(8)9;;1-3-2;;/h1-8,10H,9H2,(H,23,26)(H,29,30);1-3,5H,4H2,(H,17,19)(H,21,22);1-4H,12H2,(H,13,14);1,3-6H;1H2,(H,6,7);1H2,(H,8,9);1H4;;1H3;/q;;;;;;;-1;;+1/b24-16+;18-9+;;;;;;;;. The Balaban J connectivity index is 0.00000124. The van der Waals surface area contributed by atoms with Crippen molar-refractivity contribution in [2.75, 3.05) is 34.7 Å². The number of carboxylic acid groups (broad SMARTS) is 4. The number of benzene rings is 3. The minimum absolute atomic E-state index is 0. The summed E-state index contributed by atoms with van der Waals surface area (Å²) in [5.74, 6) is 0.0386. The van der Waals surface area contributed by atoms with Crippen LogP contribution in [0.5, 0.6) is 0 Å². The molecule has 9 rings (SSSR count). The third-order valence-electron chi connectivity index (χ3n) is 10.1. The van der Waals surface area contributed by atoms with Crippen LogP contribution in [0.2, 0.25) is 30.1 Å². The number of nitrogens with one attached hydrogen (secondary N) is 3. The molecule has 45 heteroatoms. The average molecular weight is 1600 g/mol. The number of Topliss-reactive ketones (excluding diaryl/α,β-unsaturated/α-hetero) is 2. The predicted octanol–water partition coefficient (Wildman–Crippen LogP) is 10.6. The quantitative estimate of drug-likeness (QED) is 0.00336. The van der Waals surface area contributed by atoms with E-state index in [9.17, 15) is 33.9 Å². The molecule has 99 heavy (non-hydrogen) atoms. The number of quaternary nitrogens is 1. The largest absolute Gasteiger partial charge is 1.00 e. The van der Waals surface area contributed by atoms with Crippen LogP contribution in [0.15, 0.2) is 146 Å². The zero-order valence-corrected chi connectivity index (χ0v) is 60.2. The topological polar surface area (TPSA) is 561 Å². The summed E-state index contributed by atoms with van der Waals surface area (Å²) in [6, 6.07) is 26.5. The molecule has 510 valence electrons. The van der Waals surface area contributed by atoms with Crippen LogP contribution in [0, 0.1) is 12.3 Å². The van der Waals surface area contributed by atoms with Crippen LogP contribution in [0.3, 0.4) is 0 Å². The van der Waals surface area contributed by atoms with Gasteiger partial charge in [0, 0.05) is 55.0 Å². The summed E-state index contributed by atoms with van der Waals surface area (Å²) < 4.78 is 1.34. The Morgan fingerprint density at radius 2 is 1.05 bits per heavy atom.